The summed E-state index contributed by atoms with van der Waals surface area (Å²) in [6, 6.07) is 0. The number of carbonyl (C=O) groups is 2. The number of rotatable bonds is 4. The first kappa shape index (κ1) is 15.3. The van der Waals surface area contributed by atoms with E-state index in [-0.39, 0.29) is 23.3 Å². The summed E-state index contributed by atoms with van der Waals surface area (Å²) < 4.78 is 22.6. The molecule has 0 spiro atoms. The van der Waals surface area contributed by atoms with Gasteiger partial charge < -0.3 is 10.4 Å². The zero-order valence-electron chi connectivity index (χ0n) is 11.4. The van der Waals surface area contributed by atoms with Gasteiger partial charge in [-0.2, -0.15) is 0 Å². The fourth-order valence-electron chi connectivity index (χ4n) is 3.00. The Kier molecular flexibility index (Phi) is 4.67. The summed E-state index contributed by atoms with van der Waals surface area (Å²) in [6.07, 6.45) is 3.35. The number of sulfone groups is 1. The Balaban J connectivity index is 1.71. The summed E-state index contributed by atoms with van der Waals surface area (Å²) >= 11 is 0. The molecule has 2 fully saturated rings. The van der Waals surface area contributed by atoms with E-state index in [1.807, 2.05) is 0 Å². The normalized spacial score (nSPS) is 32.7. The first-order valence-corrected chi connectivity index (χ1v) is 8.90. The average molecular weight is 303 g/mol. The first-order valence-electron chi connectivity index (χ1n) is 7.08. The van der Waals surface area contributed by atoms with Gasteiger partial charge in [0.05, 0.1) is 23.3 Å². The number of carbonyl (C=O) groups excluding carboxylic acids is 1. The topological polar surface area (TPSA) is 101 Å². The van der Waals surface area contributed by atoms with E-state index in [1.54, 1.807) is 0 Å². The van der Waals surface area contributed by atoms with E-state index in [9.17, 15) is 18.0 Å². The second-order valence-electron chi connectivity index (χ2n) is 5.90. The van der Waals surface area contributed by atoms with Gasteiger partial charge in [-0.15, -0.1) is 0 Å². The highest BCUT2D eigenvalue weighted by Gasteiger charge is 2.33. The van der Waals surface area contributed by atoms with Crippen molar-refractivity contribution in [2.24, 2.45) is 17.8 Å². The molecule has 1 amide bonds. The Bertz CT molecular complexity index is 479. The number of hydrogen-bond donors (Lipinski definition) is 2. The molecule has 0 aromatic carbocycles. The lowest BCUT2D eigenvalue weighted by atomic mass is 9.82. The zero-order chi connectivity index (χ0) is 14.8. The highest BCUT2D eigenvalue weighted by Crippen LogP contribution is 2.28. The Morgan fingerprint density at radius 1 is 1.05 bits per heavy atom. The van der Waals surface area contributed by atoms with Crippen molar-refractivity contribution in [3.63, 3.8) is 0 Å². The minimum absolute atomic E-state index is 0.0371. The van der Waals surface area contributed by atoms with Crippen LogP contribution < -0.4 is 5.32 Å². The lowest BCUT2D eigenvalue weighted by Gasteiger charge is -2.26. The summed E-state index contributed by atoms with van der Waals surface area (Å²) in [5, 5.41) is 11.7. The predicted octanol–water partition coefficient (Wildman–Crippen LogP) is 0.428. The smallest absolute Gasteiger partial charge is 0.306 e. The van der Waals surface area contributed by atoms with E-state index >= 15 is 0 Å². The Morgan fingerprint density at radius 3 is 2.20 bits per heavy atom. The van der Waals surface area contributed by atoms with Crippen LogP contribution in [0.2, 0.25) is 0 Å². The number of carboxylic acids is 1. The lowest BCUT2D eigenvalue weighted by molar-refractivity contribution is -0.143. The zero-order valence-corrected chi connectivity index (χ0v) is 12.2. The van der Waals surface area contributed by atoms with Gasteiger partial charge >= 0.3 is 5.97 Å². The molecule has 6 nitrogen and oxygen atoms in total. The molecule has 2 rings (SSSR count). The molecule has 7 heteroatoms. The van der Waals surface area contributed by atoms with Crippen LogP contribution in [0.4, 0.5) is 0 Å². The van der Waals surface area contributed by atoms with Gasteiger partial charge in [0.2, 0.25) is 5.91 Å². The molecular weight excluding hydrogens is 282 g/mol. The van der Waals surface area contributed by atoms with Crippen molar-refractivity contribution in [1.82, 2.24) is 5.32 Å². The molecule has 20 heavy (non-hydrogen) atoms. The van der Waals surface area contributed by atoms with Crippen LogP contribution in [0.3, 0.4) is 0 Å². The number of aliphatic carboxylic acids is 1. The minimum atomic E-state index is -3.03. The van der Waals surface area contributed by atoms with Gasteiger partial charge in [-0.3, -0.25) is 9.59 Å². The number of hydrogen-bond acceptors (Lipinski definition) is 4. The van der Waals surface area contributed by atoms with Crippen LogP contribution in [0.5, 0.6) is 0 Å². The second-order valence-corrected chi connectivity index (χ2v) is 8.13. The molecule has 1 aliphatic heterocycles. The van der Waals surface area contributed by atoms with Crippen molar-refractivity contribution in [1.29, 1.82) is 0 Å². The highest BCUT2D eigenvalue weighted by molar-refractivity contribution is 7.91. The number of nitrogens with one attached hydrogen (secondary N) is 1. The van der Waals surface area contributed by atoms with E-state index in [2.05, 4.69) is 5.32 Å². The summed E-state index contributed by atoms with van der Waals surface area (Å²) in [5.74, 6) is -1.18. The maximum absolute atomic E-state index is 11.9. The second kappa shape index (κ2) is 6.11. The van der Waals surface area contributed by atoms with Gasteiger partial charge in [0, 0.05) is 6.54 Å². The summed E-state index contributed by atoms with van der Waals surface area (Å²) in [7, 11) is -3.03. The predicted molar refractivity (Wildman–Crippen MR) is 72.9 cm³/mol. The SMILES string of the molecule is O=C(O)C1CCC(CNC(=O)C2CCS(=O)(=O)C2)CC1. The molecule has 0 aromatic heterocycles. The molecule has 2 N–H and O–H groups in total. The summed E-state index contributed by atoms with van der Waals surface area (Å²) in [5.41, 5.74) is 0. The van der Waals surface area contributed by atoms with Crippen molar-refractivity contribution in [3.05, 3.63) is 0 Å². The molecule has 1 aliphatic carbocycles. The van der Waals surface area contributed by atoms with Gasteiger partial charge in [0.15, 0.2) is 9.84 Å². The largest absolute Gasteiger partial charge is 0.481 e. The quantitative estimate of drug-likeness (QED) is 0.784. The van der Waals surface area contributed by atoms with E-state index in [0.29, 0.717) is 31.7 Å². The number of carboxylic acid groups (broad SMARTS) is 1. The van der Waals surface area contributed by atoms with Gasteiger partial charge in [0.25, 0.3) is 0 Å². The van der Waals surface area contributed by atoms with Crippen LogP contribution in [0, 0.1) is 17.8 Å². The highest BCUT2D eigenvalue weighted by atomic mass is 32.2. The first-order chi connectivity index (χ1) is 9.37. The van der Waals surface area contributed by atoms with Gasteiger partial charge in [-0.1, -0.05) is 0 Å². The van der Waals surface area contributed by atoms with E-state index < -0.39 is 21.7 Å². The molecule has 2 aliphatic rings. The lowest BCUT2D eigenvalue weighted by Crippen LogP contribution is -2.36. The monoisotopic (exact) mass is 303 g/mol. The van der Waals surface area contributed by atoms with Crippen LogP contribution >= 0.6 is 0 Å². The molecule has 114 valence electrons. The van der Waals surface area contributed by atoms with Crippen LogP contribution in [0.1, 0.15) is 32.1 Å². The van der Waals surface area contributed by atoms with Crippen LogP contribution in [0.25, 0.3) is 0 Å². The molecule has 0 bridgehead atoms. The van der Waals surface area contributed by atoms with Crippen molar-refractivity contribution < 1.29 is 23.1 Å². The maximum Gasteiger partial charge on any atom is 0.306 e. The van der Waals surface area contributed by atoms with E-state index in [1.165, 1.54) is 0 Å². The molecular formula is C13H21NO5S. The fourth-order valence-corrected chi connectivity index (χ4v) is 4.75. The molecule has 0 aromatic rings. The van der Waals surface area contributed by atoms with Crippen molar-refractivity contribution in [2.75, 3.05) is 18.1 Å². The van der Waals surface area contributed by atoms with Crippen LogP contribution in [-0.4, -0.2) is 43.5 Å². The maximum atomic E-state index is 11.9. The van der Waals surface area contributed by atoms with Crippen molar-refractivity contribution in [2.45, 2.75) is 32.1 Å². The van der Waals surface area contributed by atoms with E-state index in [0.717, 1.165) is 12.8 Å². The third kappa shape index (κ3) is 3.94. The fraction of sp³-hybridized carbons (Fsp3) is 0.846. The van der Waals surface area contributed by atoms with Gasteiger partial charge in [-0.05, 0) is 38.0 Å². The minimum Gasteiger partial charge on any atom is -0.481 e. The Morgan fingerprint density at radius 2 is 1.70 bits per heavy atom. The number of amides is 1. The third-order valence-corrected chi connectivity index (χ3v) is 6.13. The molecule has 1 atom stereocenters. The Hall–Kier alpha value is -1.11. The summed E-state index contributed by atoms with van der Waals surface area (Å²) in [4.78, 5) is 22.7. The van der Waals surface area contributed by atoms with Crippen molar-refractivity contribution in [3.8, 4) is 0 Å². The standard InChI is InChI=1S/C13H21NO5S/c15-12(11-5-6-20(18,19)8-11)14-7-9-1-3-10(4-2-9)13(16)17/h9-11H,1-8H2,(H,14,15)(H,16,17). The Labute approximate surface area is 118 Å². The van der Waals surface area contributed by atoms with Gasteiger partial charge in [0.1, 0.15) is 0 Å². The molecule has 1 heterocycles. The third-order valence-electron chi connectivity index (χ3n) is 4.36. The molecule has 1 saturated carbocycles. The molecule has 1 unspecified atom stereocenters. The molecule has 0 radical (unpaired) electrons. The van der Waals surface area contributed by atoms with Crippen LogP contribution in [-0.2, 0) is 19.4 Å². The molecule has 1 saturated heterocycles. The van der Waals surface area contributed by atoms with Gasteiger partial charge in [-0.25, -0.2) is 8.42 Å². The average Bonchev–Trinajstić information content (AvgIpc) is 2.77. The van der Waals surface area contributed by atoms with E-state index in [4.69, 9.17) is 5.11 Å². The van der Waals surface area contributed by atoms with Crippen molar-refractivity contribution >= 4 is 21.7 Å². The summed E-state index contributed by atoms with van der Waals surface area (Å²) in [6.45, 7) is 0.529. The van der Waals surface area contributed by atoms with Crippen LogP contribution in [0.15, 0.2) is 0 Å².